The molecule has 8 heteroatoms. The van der Waals surface area contributed by atoms with Crippen LogP contribution in [0.4, 0.5) is 0 Å². The van der Waals surface area contributed by atoms with E-state index in [1.165, 1.54) is 19.3 Å². The monoisotopic (exact) mass is 371 g/mol. The van der Waals surface area contributed by atoms with Crippen LogP contribution in [0.1, 0.15) is 25.7 Å². The minimum Gasteiger partial charge on any atom is -0.358 e. The van der Waals surface area contributed by atoms with E-state index in [1.54, 1.807) is 18.3 Å². The van der Waals surface area contributed by atoms with Crippen LogP contribution in [0.25, 0.3) is 10.8 Å². The van der Waals surface area contributed by atoms with Gasteiger partial charge in [0, 0.05) is 11.4 Å². The number of hydrazine groups is 1. The zero-order valence-electron chi connectivity index (χ0n) is 14.3. The number of thiocarbonyl (C=S) groups is 1. The molecule has 3 unspecified atom stereocenters. The normalized spacial score (nSPS) is 23.8. The van der Waals surface area contributed by atoms with E-state index in [1.807, 2.05) is 12.1 Å². The first-order chi connectivity index (χ1) is 12.6. The number of hydrogen-bond donors (Lipinski definition) is 3. The highest BCUT2D eigenvalue weighted by atomic mass is 32.1. The van der Waals surface area contributed by atoms with E-state index in [0.29, 0.717) is 22.5 Å². The molecule has 26 heavy (non-hydrogen) atoms. The quantitative estimate of drug-likeness (QED) is 0.553. The zero-order valence-corrected chi connectivity index (χ0v) is 15.1. The molecule has 2 bridgehead atoms. The van der Waals surface area contributed by atoms with Gasteiger partial charge in [-0.25, -0.2) is 4.68 Å². The summed E-state index contributed by atoms with van der Waals surface area (Å²) in [5.74, 6) is 1.13. The first kappa shape index (κ1) is 17.0. The minimum absolute atomic E-state index is 0.173. The number of fused-ring (bicyclic) bond motifs is 3. The van der Waals surface area contributed by atoms with Crippen LogP contribution in [0, 0.1) is 11.8 Å². The summed E-state index contributed by atoms with van der Waals surface area (Å²) in [6.07, 6.45) is 6.60. The van der Waals surface area contributed by atoms with Crippen LogP contribution in [-0.2, 0) is 11.3 Å². The van der Waals surface area contributed by atoms with Crippen molar-refractivity contribution < 1.29 is 4.79 Å². The number of carbonyl (C=O) groups is 1. The molecular formula is C18H21N5O2S. The summed E-state index contributed by atoms with van der Waals surface area (Å²) >= 11 is 5.26. The lowest BCUT2D eigenvalue weighted by Crippen LogP contribution is -2.51. The van der Waals surface area contributed by atoms with Gasteiger partial charge in [0.05, 0.1) is 11.6 Å². The minimum atomic E-state index is -0.382. The van der Waals surface area contributed by atoms with E-state index < -0.39 is 0 Å². The van der Waals surface area contributed by atoms with Crippen molar-refractivity contribution in [2.24, 2.45) is 11.8 Å². The Labute approximate surface area is 156 Å². The van der Waals surface area contributed by atoms with E-state index in [2.05, 4.69) is 21.3 Å². The van der Waals surface area contributed by atoms with Crippen molar-refractivity contribution in [2.75, 3.05) is 0 Å². The molecule has 4 rings (SSSR count). The number of benzene rings is 1. The maximum Gasteiger partial charge on any atom is 0.275 e. The Hall–Kier alpha value is -2.48. The van der Waals surface area contributed by atoms with Gasteiger partial charge in [-0.1, -0.05) is 24.6 Å². The molecule has 1 aromatic carbocycles. The third kappa shape index (κ3) is 3.41. The molecular weight excluding hydrogens is 350 g/mol. The third-order valence-corrected chi connectivity index (χ3v) is 5.65. The number of carbonyl (C=O) groups excluding carboxylic acids is 1. The molecule has 1 amide bonds. The number of amides is 1. The van der Waals surface area contributed by atoms with Crippen LogP contribution in [0.15, 0.2) is 35.3 Å². The number of aromatic nitrogens is 2. The number of rotatable bonds is 3. The van der Waals surface area contributed by atoms with Crippen LogP contribution in [0.2, 0.25) is 0 Å². The molecule has 136 valence electrons. The van der Waals surface area contributed by atoms with Crippen molar-refractivity contribution in [3.8, 4) is 0 Å². The fraction of sp³-hybridized carbons (Fsp3) is 0.444. The Kier molecular flexibility index (Phi) is 4.58. The molecule has 0 saturated heterocycles. The molecule has 0 radical (unpaired) electrons. The highest BCUT2D eigenvalue weighted by molar-refractivity contribution is 7.80. The highest BCUT2D eigenvalue weighted by Crippen LogP contribution is 2.44. The van der Waals surface area contributed by atoms with E-state index in [4.69, 9.17) is 12.2 Å². The first-order valence-electron chi connectivity index (χ1n) is 8.90. The van der Waals surface area contributed by atoms with Gasteiger partial charge in [0.1, 0.15) is 6.54 Å². The number of hydrogen-bond acceptors (Lipinski definition) is 4. The van der Waals surface area contributed by atoms with Gasteiger partial charge in [-0.2, -0.15) is 5.10 Å². The SMILES string of the molecule is O=C(Cn1ncc2ccccc2c1=O)NNC(=S)NC1CC2CCC1C2. The number of nitrogens with one attached hydrogen (secondary N) is 3. The lowest BCUT2D eigenvalue weighted by molar-refractivity contribution is -0.122. The fourth-order valence-corrected chi connectivity index (χ4v) is 4.37. The van der Waals surface area contributed by atoms with Gasteiger partial charge in [0.25, 0.3) is 11.5 Å². The fourth-order valence-electron chi connectivity index (χ4n) is 4.17. The second-order valence-corrected chi connectivity index (χ2v) is 7.53. The molecule has 0 spiro atoms. The van der Waals surface area contributed by atoms with Crippen molar-refractivity contribution >= 4 is 34.0 Å². The van der Waals surface area contributed by atoms with Crippen LogP contribution in [0.3, 0.4) is 0 Å². The van der Waals surface area contributed by atoms with Gasteiger partial charge in [0.15, 0.2) is 5.11 Å². The van der Waals surface area contributed by atoms with Gasteiger partial charge in [-0.15, -0.1) is 0 Å². The molecule has 1 heterocycles. The maximum absolute atomic E-state index is 12.4. The molecule has 3 N–H and O–H groups in total. The molecule has 2 fully saturated rings. The summed E-state index contributed by atoms with van der Waals surface area (Å²) in [6, 6.07) is 7.57. The lowest BCUT2D eigenvalue weighted by Gasteiger charge is -2.24. The van der Waals surface area contributed by atoms with E-state index in [-0.39, 0.29) is 18.0 Å². The number of nitrogens with zero attached hydrogens (tertiary/aromatic N) is 2. The molecule has 2 aliphatic rings. The van der Waals surface area contributed by atoms with Crippen molar-refractivity contribution in [1.29, 1.82) is 0 Å². The van der Waals surface area contributed by atoms with E-state index >= 15 is 0 Å². The summed E-state index contributed by atoms with van der Waals surface area (Å²) < 4.78 is 1.14. The van der Waals surface area contributed by atoms with Gasteiger partial charge < -0.3 is 5.32 Å². The summed E-state index contributed by atoms with van der Waals surface area (Å²) in [4.78, 5) is 24.5. The van der Waals surface area contributed by atoms with Crippen LogP contribution < -0.4 is 21.7 Å². The standard InChI is InChI=1S/C18H21N5O2S/c24-16(10-23-17(25)14-4-2-1-3-13(14)9-19-23)21-22-18(26)20-15-8-11-5-6-12(15)7-11/h1-4,9,11-12,15H,5-8,10H2,(H,21,24)(H2,20,22,26). The summed E-state index contributed by atoms with van der Waals surface area (Å²) in [6.45, 7) is -0.173. The van der Waals surface area contributed by atoms with Crippen molar-refractivity contribution in [3.63, 3.8) is 0 Å². The second-order valence-electron chi connectivity index (χ2n) is 7.12. The summed E-state index contributed by atoms with van der Waals surface area (Å²) in [5, 5.41) is 9.04. The molecule has 3 atom stereocenters. The van der Waals surface area contributed by atoms with Gasteiger partial charge in [-0.3, -0.25) is 20.4 Å². The van der Waals surface area contributed by atoms with Gasteiger partial charge in [-0.05, 0) is 49.4 Å². The average molecular weight is 371 g/mol. The zero-order chi connectivity index (χ0) is 18.1. The van der Waals surface area contributed by atoms with Crippen LogP contribution in [0.5, 0.6) is 0 Å². The molecule has 2 aliphatic carbocycles. The van der Waals surface area contributed by atoms with Crippen LogP contribution >= 0.6 is 12.2 Å². The molecule has 0 aliphatic heterocycles. The molecule has 7 nitrogen and oxygen atoms in total. The Balaban J connectivity index is 1.31. The van der Waals surface area contributed by atoms with Crippen molar-refractivity contribution in [2.45, 2.75) is 38.3 Å². The Morgan fingerprint density at radius 3 is 2.85 bits per heavy atom. The van der Waals surface area contributed by atoms with Gasteiger partial charge >= 0.3 is 0 Å². The maximum atomic E-state index is 12.4. The largest absolute Gasteiger partial charge is 0.358 e. The predicted octanol–water partition coefficient (Wildman–Crippen LogP) is 1.08. The topological polar surface area (TPSA) is 88.0 Å². The Morgan fingerprint density at radius 1 is 1.23 bits per heavy atom. The van der Waals surface area contributed by atoms with E-state index in [9.17, 15) is 9.59 Å². The van der Waals surface area contributed by atoms with E-state index in [0.717, 1.165) is 22.4 Å². The summed E-state index contributed by atoms with van der Waals surface area (Å²) in [5.41, 5.74) is 4.96. The predicted molar refractivity (Wildman–Crippen MR) is 102 cm³/mol. The molecule has 2 aromatic rings. The van der Waals surface area contributed by atoms with Crippen LogP contribution in [-0.4, -0.2) is 26.8 Å². The second kappa shape index (κ2) is 7.03. The first-order valence-corrected chi connectivity index (χ1v) is 9.31. The average Bonchev–Trinajstić information content (AvgIpc) is 3.26. The lowest BCUT2D eigenvalue weighted by atomic mass is 9.96. The Bertz CT molecular complexity index is 912. The van der Waals surface area contributed by atoms with Crippen molar-refractivity contribution in [1.82, 2.24) is 25.9 Å². The smallest absolute Gasteiger partial charge is 0.275 e. The third-order valence-electron chi connectivity index (χ3n) is 5.43. The van der Waals surface area contributed by atoms with Gasteiger partial charge in [0.2, 0.25) is 0 Å². The summed E-state index contributed by atoms with van der Waals surface area (Å²) in [7, 11) is 0. The van der Waals surface area contributed by atoms with Crippen molar-refractivity contribution in [3.05, 3.63) is 40.8 Å². The Morgan fingerprint density at radius 2 is 2.08 bits per heavy atom. The molecule has 1 aromatic heterocycles. The molecule has 2 saturated carbocycles. The highest BCUT2D eigenvalue weighted by Gasteiger charge is 2.39.